The fraction of sp³-hybridized carbons (Fsp3) is 0.111. The predicted octanol–water partition coefficient (Wildman–Crippen LogP) is 5.61. The molecule has 0 atom stereocenters. The quantitative estimate of drug-likeness (QED) is 0.642. The number of carbonyl (C=O) groups excluding carboxylic acids is 1. The number of aryl methyl sites for hydroxylation is 1. The van der Waals surface area contributed by atoms with Crippen LogP contribution in [0, 0.1) is 6.92 Å². The topological polar surface area (TPSA) is 42.0 Å². The lowest BCUT2D eigenvalue weighted by molar-refractivity contribution is -0.115. The molecule has 0 spiro atoms. The van der Waals surface area contributed by atoms with E-state index in [1.54, 1.807) is 12.1 Å². The Kier molecular flexibility index (Phi) is 5.19. The SMILES string of the molecule is Cc1ccc(CC(=O)Nc2nc(-c3ccc(Cl)c(Cl)c3)cs2)cc1. The maximum Gasteiger partial charge on any atom is 0.230 e. The van der Waals surface area contributed by atoms with Crippen molar-refractivity contribution in [3.05, 3.63) is 69.0 Å². The largest absolute Gasteiger partial charge is 0.302 e. The Morgan fingerprint density at radius 1 is 1.12 bits per heavy atom. The highest BCUT2D eigenvalue weighted by atomic mass is 35.5. The number of carbonyl (C=O) groups is 1. The van der Waals surface area contributed by atoms with Crippen molar-refractivity contribution in [3.8, 4) is 11.3 Å². The van der Waals surface area contributed by atoms with Crippen LogP contribution in [-0.2, 0) is 11.2 Å². The van der Waals surface area contributed by atoms with Crippen molar-refractivity contribution in [1.29, 1.82) is 0 Å². The van der Waals surface area contributed by atoms with E-state index in [1.807, 2.05) is 42.6 Å². The Labute approximate surface area is 154 Å². The summed E-state index contributed by atoms with van der Waals surface area (Å²) in [5.41, 5.74) is 3.76. The van der Waals surface area contributed by atoms with Gasteiger partial charge >= 0.3 is 0 Å². The van der Waals surface area contributed by atoms with Crippen molar-refractivity contribution in [1.82, 2.24) is 4.98 Å². The zero-order chi connectivity index (χ0) is 17.1. The Morgan fingerprint density at radius 3 is 2.58 bits per heavy atom. The molecule has 1 amide bonds. The molecule has 1 aromatic heterocycles. The molecule has 0 saturated carbocycles. The third-order valence-corrected chi connectivity index (χ3v) is 4.95. The van der Waals surface area contributed by atoms with E-state index in [2.05, 4.69) is 10.3 Å². The summed E-state index contributed by atoms with van der Waals surface area (Å²) >= 11 is 13.3. The highest BCUT2D eigenvalue weighted by Crippen LogP contribution is 2.30. The van der Waals surface area contributed by atoms with Crippen LogP contribution in [0.5, 0.6) is 0 Å². The number of amides is 1. The lowest BCUT2D eigenvalue weighted by Gasteiger charge is -2.03. The first-order valence-corrected chi connectivity index (χ1v) is 8.91. The number of aromatic nitrogens is 1. The van der Waals surface area contributed by atoms with Crippen molar-refractivity contribution in [2.24, 2.45) is 0 Å². The molecule has 0 radical (unpaired) electrons. The number of thiazole rings is 1. The summed E-state index contributed by atoms with van der Waals surface area (Å²) in [6.07, 6.45) is 0.321. The van der Waals surface area contributed by atoms with Crippen molar-refractivity contribution < 1.29 is 4.79 Å². The number of halogens is 2. The molecule has 0 fully saturated rings. The molecule has 0 unspecified atom stereocenters. The second-order valence-corrected chi connectivity index (χ2v) is 7.05. The summed E-state index contributed by atoms with van der Waals surface area (Å²) in [7, 11) is 0. The Bertz CT molecular complexity index is 875. The molecule has 0 saturated heterocycles. The maximum atomic E-state index is 12.1. The second kappa shape index (κ2) is 7.34. The Morgan fingerprint density at radius 2 is 1.88 bits per heavy atom. The molecule has 24 heavy (non-hydrogen) atoms. The number of anilines is 1. The smallest absolute Gasteiger partial charge is 0.230 e. The van der Waals surface area contributed by atoms with E-state index >= 15 is 0 Å². The minimum Gasteiger partial charge on any atom is -0.302 e. The zero-order valence-corrected chi connectivity index (χ0v) is 15.2. The van der Waals surface area contributed by atoms with Crippen LogP contribution in [0.2, 0.25) is 10.0 Å². The van der Waals surface area contributed by atoms with Crippen LogP contribution in [0.3, 0.4) is 0 Å². The number of hydrogen-bond acceptors (Lipinski definition) is 3. The van der Waals surface area contributed by atoms with E-state index in [0.717, 1.165) is 16.8 Å². The van der Waals surface area contributed by atoms with Gasteiger partial charge in [0.2, 0.25) is 5.91 Å². The van der Waals surface area contributed by atoms with Crippen LogP contribution >= 0.6 is 34.5 Å². The average molecular weight is 377 g/mol. The van der Waals surface area contributed by atoms with Gasteiger partial charge in [0.05, 0.1) is 22.2 Å². The van der Waals surface area contributed by atoms with Gasteiger partial charge in [0, 0.05) is 10.9 Å². The van der Waals surface area contributed by atoms with Gasteiger partial charge in [0.25, 0.3) is 0 Å². The summed E-state index contributed by atoms with van der Waals surface area (Å²) < 4.78 is 0. The first kappa shape index (κ1) is 17.0. The lowest BCUT2D eigenvalue weighted by atomic mass is 10.1. The van der Waals surface area contributed by atoms with E-state index in [9.17, 15) is 4.79 Å². The molecule has 3 nitrogen and oxygen atoms in total. The third-order valence-electron chi connectivity index (χ3n) is 3.45. The molecule has 0 aliphatic carbocycles. The maximum absolute atomic E-state index is 12.1. The van der Waals surface area contributed by atoms with Gasteiger partial charge in [0.1, 0.15) is 0 Å². The minimum absolute atomic E-state index is 0.0890. The molecule has 0 bridgehead atoms. The van der Waals surface area contributed by atoms with E-state index < -0.39 is 0 Å². The summed E-state index contributed by atoms with van der Waals surface area (Å²) in [6.45, 7) is 2.02. The van der Waals surface area contributed by atoms with Crippen LogP contribution in [0.15, 0.2) is 47.8 Å². The molecule has 2 aromatic carbocycles. The standard InChI is InChI=1S/C18H14Cl2N2OS/c1-11-2-4-12(5-3-11)8-17(23)22-18-21-16(10-24-18)13-6-7-14(19)15(20)9-13/h2-7,9-10H,8H2,1H3,(H,21,22,23). The van der Waals surface area contributed by atoms with E-state index in [0.29, 0.717) is 21.6 Å². The van der Waals surface area contributed by atoms with Gasteiger partial charge in [-0.05, 0) is 24.6 Å². The average Bonchev–Trinajstić information content (AvgIpc) is 3.00. The van der Waals surface area contributed by atoms with Gasteiger partial charge in [-0.15, -0.1) is 11.3 Å². The first-order valence-electron chi connectivity index (χ1n) is 7.27. The summed E-state index contributed by atoms with van der Waals surface area (Å²) in [6, 6.07) is 13.2. The molecule has 1 heterocycles. The lowest BCUT2D eigenvalue weighted by Crippen LogP contribution is -2.14. The van der Waals surface area contributed by atoms with Crippen molar-refractivity contribution >= 4 is 45.6 Å². The second-order valence-electron chi connectivity index (χ2n) is 5.38. The van der Waals surface area contributed by atoms with Gasteiger partial charge in [0.15, 0.2) is 5.13 Å². The highest BCUT2D eigenvalue weighted by Gasteiger charge is 2.10. The normalized spacial score (nSPS) is 10.6. The number of rotatable bonds is 4. The Balaban J connectivity index is 1.68. The molecule has 122 valence electrons. The van der Waals surface area contributed by atoms with E-state index in [1.165, 1.54) is 16.9 Å². The molecule has 0 aliphatic heterocycles. The number of nitrogens with one attached hydrogen (secondary N) is 1. The molecular weight excluding hydrogens is 363 g/mol. The summed E-state index contributed by atoms with van der Waals surface area (Å²) in [4.78, 5) is 16.6. The fourth-order valence-electron chi connectivity index (χ4n) is 2.17. The number of nitrogens with zero attached hydrogens (tertiary/aromatic N) is 1. The van der Waals surface area contributed by atoms with Crippen LogP contribution in [-0.4, -0.2) is 10.9 Å². The molecule has 3 rings (SSSR count). The zero-order valence-electron chi connectivity index (χ0n) is 12.8. The van der Waals surface area contributed by atoms with Gasteiger partial charge in [-0.3, -0.25) is 4.79 Å². The van der Waals surface area contributed by atoms with Crippen molar-refractivity contribution in [3.63, 3.8) is 0 Å². The first-order chi connectivity index (χ1) is 11.5. The fourth-order valence-corrected chi connectivity index (χ4v) is 3.21. The van der Waals surface area contributed by atoms with Crippen LogP contribution < -0.4 is 5.32 Å². The van der Waals surface area contributed by atoms with E-state index in [-0.39, 0.29) is 5.91 Å². The van der Waals surface area contributed by atoms with E-state index in [4.69, 9.17) is 23.2 Å². The molecular formula is C18H14Cl2N2OS. The van der Waals surface area contributed by atoms with Gasteiger partial charge in [-0.25, -0.2) is 4.98 Å². The van der Waals surface area contributed by atoms with Crippen molar-refractivity contribution in [2.75, 3.05) is 5.32 Å². The van der Waals surface area contributed by atoms with Gasteiger partial charge < -0.3 is 5.32 Å². The van der Waals surface area contributed by atoms with Crippen LogP contribution in [0.4, 0.5) is 5.13 Å². The summed E-state index contributed by atoms with van der Waals surface area (Å²) in [5, 5.41) is 6.25. The van der Waals surface area contributed by atoms with Crippen LogP contribution in [0.1, 0.15) is 11.1 Å². The Hall–Kier alpha value is -1.88. The van der Waals surface area contributed by atoms with Gasteiger partial charge in [-0.1, -0.05) is 59.1 Å². The highest BCUT2D eigenvalue weighted by molar-refractivity contribution is 7.14. The predicted molar refractivity (Wildman–Crippen MR) is 101 cm³/mol. The van der Waals surface area contributed by atoms with Crippen LogP contribution in [0.25, 0.3) is 11.3 Å². The molecule has 3 aromatic rings. The summed E-state index contributed by atoms with van der Waals surface area (Å²) in [5.74, 6) is -0.0890. The van der Waals surface area contributed by atoms with Gasteiger partial charge in [-0.2, -0.15) is 0 Å². The molecule has 0 aliphatic rings. The third kappa shape index (κ3) is 4.15. The van der Waals surface area contributed by atoms with Crippen molar-refractivity contribution in [2.45, 2.75) is 13.3 Å². The molecule has 1 N–H and O–H groups in total. The minimum atomic E-state index is -0.0890. The monoisotopic (exact) mass is 376 g/mol. The number of hydrogen-bond donors (Lipinski definition) is 1. The molecule has 6 heteroatoms. The number of benzene rings is 2.